The number of nitrogens with zero attached hydrogens (tertiary/aromatic N) is 2. The van der Waals surface area contributed by atoms with Crippen molar-refractivity contribution in [1.29, 1.82) is 0 Å². The summed E-state index contributed by atoms with van der Waals surface area (Å²) >= 11 is 0. The van der Waals surface area contributed by atoms with Gasteiger partial charge < -0.3 is 10.2 Å². The van der Waals surface area contributed by atoms with Gasteiger partial charge in [-0.15, -0.1) is 0 Å². The maximum atomic E-state index is 4.52. The molecule has 1 N–H and O–H groups in total. The van der Waals surface area contributed by atoms with E-state index in [9.17, 15) is 0 Å². The van der Waals surface area contributed by atoms with Crippen LogP contribution in [0.25, 0.3) is 0 Å². The average Bonchev–Trinajstić information content (AvgIpc) is 2.39. The van der Waals surface area contributed by atoms with Gasteiger partial charge in [0.1, 0.15) is 0 Å². The lowest BCUT2D eigenvalue weighted by Gasteiger charge is -2.28. The minimum atomic E-state index is 0.329. The number of anilines is 1. The fourth-order valence-electron chi connectivity index (χ4n) is 2.14. The summed E-state index contributed by atoms with van der Waals surface area (Å²) in [4.78, 5) is 6.96. The van der Waals surface area contributed by atoms with E-state index in [1.165, 1.54) is 38.0 Å². The molecule has 1 atom stereocenters. The number of pyridine rings is 1. The van der Waals surface area contributed by atoms with Crippen molar-refractivity contribution in [2.45, 2.75) is 32.2 Å². The fraction of sp³-hybridized carbons (Fsp3) is 0.615. The van der Waals surface area contributed by atoms with E-state index in [0.717, 1.165) is 5.69 Å². The lowest BCUT2D eigenvalue weighted by Crippen LogP contribution is -2.29. The van der Waals surface area contributed by atoms with Crippen molar-refractivity contribution >= 4 is 5.69 Å². The summed E-state index contributed by atoms with van der Waals surface area (Å²) in [5, 5.41) is 3.20. The lowest BCUT2D eigenvalue weighted by molar-refractivity contribution is 0.576. The van der Waals surface area contributed by atoms with Crippen molar-refractivity contribution in [3.05, 3.63) is 24.0 Å². The third-order valence-corrected chi connectivity index (χ3v) is 3.37. The zero-order valence-corrected chi connectivity index (χ0v) is 10.2. The maximum Gasteiger partial charge on any atom is 0.0571 e. The number of hydrogen-bond acceptors (Lipinski definition) is 3. The van der Waals surface area contributed by atoms with Crippen molar-refractivity contribution in [3.8, 4) is 0 Å². The number of nitrogens with one attached hydrogen (secondary N) is 1. The molecule has 3 heteroatoms. The Morgan fingerprint density at radius 1 is 1.25 bits per heavy atom. The first-order valence-corrected chi connectivity index (χ1v) is 6.19. The highest BCUT2D eigenvalue weighted by molar-refractivity contribution is 5.45. The first kappa shape index (κ1) is 11.4. The molecule has 3 nitrogen and oxygen atoms in total. The van der Waals surface area contributed by atoms with Gasteiger partial charge in [0.05, 0.1) is 17.6 Å². The zero-order valence-electron chi connectivity index (χ0n) is 10.2. The molecule has 1 unspecified atom stereocenters. The molecule has 0 aromatic carbocycles. The van der Waals surface area contributed by atoms with Gasteiger partial charge in [0.15, 0.2) is 0 Å². The SMILES string of the molecule is CNC(C)c1ccc(N2CCCCC2)cn1. The van der Waals surface area contributed by atoms with E-state index >= 15 is 0 Å². The summed E-state index contributed by atoms with van der Waals surface area (Å²) in [6, 6.07) is 4.66. The third kappa shape index (κ3) is 2.53. The van der Waals surface area contributed by atoms with Crippen LogP contribution < -0.4 is 10.2 Å². The predicted molar refractivity (Wildman–Crippen MR) is 67.8 cm³/mol. The van der Waals surface area contributed by atoms with Crippen LogP contribution in [-0.2, 0) is 0 Å². The van der Waals surface area contributed by atoms with Gasteiger partial charge in [-0.25, -0.2) is 0 Å². The molecular formula is C13H21N3. The Kier molecular flexibility index (Phi) is 3.78. The Bertz CT molecular complexity index is 314. The van der Waals surface area contributed by atoms with Crippen LogP contribution in [0.5, 0.6) is 0 Å². The summed E-state index contributed by atoms with van der Waals surface area (Å²) in [5.74, 6) is 0. The van der Waals surface area contributed by atoms with E-state index < -0.39 is 0 Å². The van der Waals surface area contributed by atoms with Crippen molar-refractivity contribution in [2.75, 3.05) is 25.0 Å². The number of rotatable bonds is 3. The number of hydrogen-bond donors (Lipinski definition) is 1. The summed E-state index contributed by atoms with van der Waals surface area (Å²) in [7, 11) is 1.96. The van der Waals surface area contributed by atoms with E-state index in [-0.39, 0.29) is 0 Å². The standard InChI is InChI=1S/C13H21N3/c1-11(14-2)13-7-6-12(10-15-13)16-8-4-3-5-9-16/h6-7,10-11,14H,3-5,8-9H2,1-2H3. The summed E-state index contributed by atoms with van der Waals surface area (Å²) < 4.78 is 0. The van der Waals surface area contributed by atoms with Crippen LogP contribution in [0.2, 0.25) is 0 Å². The van der Waals surface area contributed by atoms with Crippen LogP contribution in [0.15, 0.2) is 18.3 Å². The van der Waals surface area contributed by atoms with Crippen LogP contribution in [0.1, 0.15) is 37.9 Å². The quantitative estimate of drug-likeness (QED) is 0.846. The molecule has 0 radical (unpaired) electrons. The molecule has 0 spiro atoms. The molecule has 1 aromatic rings. The van der Waals surface area contributed by atoms with Crippen molar-refractivity contribution in [2.24, 2.45) is 0 Å². The zero-order chi connectivity index (χ0) is 11.4. The van der Waals surface area contributed by atoms with E-state index in [1.807, 2.05) is 13.2 Å². The minimum absolute atomic E-state index is 0.329. The molecule has 0 saturated carbocycles. The smallest absolute Gasteiger partial charge is 0.0571 e. The molecule has 1 saturated heterocycles. The fourth-order valence-corrected chi connectivity index (χ4v) is 2.14. The predicted octanol–water partition coefficient (Wildman–Crippen LogP) is 2.35. The third-order valence-electron chi connectivity index (χ3n) is 3.37. The number of aromatic nitrogens is 1. The molecule has 2 rings (SSSR count). The van der Waals surface area contributed by atoms with Gasteiger partial charge in [-0.2, -0.15) is 0 Å². The highest BCUT2D eigenvalue weighted by Crippen LogP contribution is 2.20. The van der Waals surface area contributed by atoms with Crippen molar-refractivity contribution in [1.82, 2.24) is 10.3 Å². The molecule has 2 heterocycles. The van der Waals surface area contributed by atoms with E-state index in [1.54, 1.807) is 0 Å². The van der Waals surface area contributed by atoms with Gasteiger partial charge >= 0.3 is 0 Å². The Balaban J connectivity index is 2.06. The normalized spacial score (nSPS) is 18.5. The largest absolute Gasteiger partial charge is 0.370 e. The van der Waals surface area contributed by atoms with Crippen LogP contribution in [-0.4, -0.2) is 25.1 Å². The second kappa shape index (κ2) is 5.30. The van der Waals surface area contributed by atoms with Gasteiger partial charge in [0.25, 0.3) is 0 Å². The molecule has 1 aliphatic heterocycles. The molecular weight excluding hydrogens is 198 g/mol. The van der Waals surface area contributed by atoms with Gasteiger partial charge in [0.2, 0.25) is 0 Å². The molecule has 16 heavy (non-hydrogen) atoms. The van der Waals surface area contributed by atoms with Crippen molar-refractivity contribution < 1.29 is 0 Å². The van der Waals surface area contributed by atoms with Gasteiger partial charge in [-0.3, -0.25) is 4.98 Å². The van der Waals surface area contributed by atoms with E-state index in [4.69, 9.17) is 0 Å². The Morgan fingerprint density at radius 3 is 2.56 bits per heavy atom. The second-order valence-corrected chi connectivity index (χ2v) is 4.50. The van der Waals surface area contributed by atoms with E-state index in [2.05, 4.69) is 34.3 Å². The summed E-state index contributed by atoms with van der Waals surface area (Å²) in [6.45, 7) is 4.49. The summed E-state index contributed by atoms with van der Waals surface area (Å²) in [6.07, 6.45) is 6.01. The lowest BCUT2D eigenvalue weighted by atomic mass is 10.1. The Morgan fingerprint density at radius 2 is 2.00 bits per heavy atom. The molecule has 88 valence electrons. The minimum Gasteiger partial charge on any atom is -0.370 e. The van der Waals surface area contributed by atoms with Gasteiger partial charge in [-0.1, -0.05) is 0 Å². The van der Waals surface area contributed by atoms with E-state index in [0.29, 0.717) is 6.04 Å². The second-order valence-electron chi connectivity index (χ2n) is 4.50. The molecule has 1 fully saturated rings. The van der Waals surface area contributed by atoms with Gasteiger partial charge in [0, 0.05) is 19.1 Å². The molecule has 0 aliphatic carbocycles. The highest BCUT2D eigenvalue weighted by atomic mass is 15.1. The summed E-state index contributed by atoms with van der Waals surface area (Å²) in [5.41, 5.74) is 2.38. The molecule has 1 aliphatic rings. The molecule has 0 amide bonds. The topological polar surface area (TPSA) is 28.2 Å². The van der Waals surface area contributed by atoms with Crippen LogP contribution >= 0.6 is 0 Å². The van der Waals surface area contributed by atoms with Crippen LogP contribution in [0.4, 0.5) is 5.69 Å². The number of piperidine rings is 1. The monoisotopic (exact) mass is 219 g/mol. The Hall–Kier alpha value is -1.09. The first-order valence-electron chi connectivity index (χ1n) is 6.19. The van der Waals surface area contributed by atoms with Crippen LogP contribution in [0.3, 0.4) is 0 Å². The molecule has 0 bridgehead atoms. The maximum absolute atomic E-state index is 4.52. The highest BCUT2D eigenvalue weighted by Gasteiger charge is 2.11. The molecule has 1 aromatic heterocycles. The van der Waals surface area contributed by atoms with Gasteiger partial charge in [-0.05, 0) is 45.4 Å². The van der Waals surface area contributed by atoms with Crippen molar-refractivity contribution in [3.63, 3.8) is 0 Å². The first-order chi connectivity index (χ1) is 7.81. The van der Waals surface area contributed by atoms with Crippen LogP contribution in [0, 0.1) is 0 Å². The average molecular weight is 219 g/mol. The Labute approximate surface area is 97.9 Å².